The molecule has 25 heavy (non-hydrogen) atoms. The summed E-state index contributed by atoms with van der Waals surface area (Å²) in [4.78, 5) is 4.04. The molecule has 0 aliphatic rings. The quantitative estimate of drug-likeness (QED) is 0.448. The summed E-state index contributed by atoms with van der Waals surface area (Å²) in [6.45, 7) is 3.03. The van der Waals surface area contributed by atoms with Crippen molar-refractivity contribution in [3.05, 3.63) is 72.1 Å². The van der Waals surface area contributed by atoms with Crippen LogP contribution in [-0.2, 0) is 0 Å². The van der Waals surface area contributed by atoms with Crippen LogP contribution in [0.25, 0.3) is 22.9 Å². The normalized spacial score (nSPS) is 11.2. The lowest BCUT2D eigenvalue weighted by Crippen LogP contribution is -1.97. The molecule has 0 aliphatic heterocycles. The van der Waals surface area contributed by atoms with Gasteiger partial charge in [-0.05, 0) is 58.7 Å². The maximum absolute atomic E-state index is 5.88. The Morgan fingerprint density at radius 3 is 2.40 bits per heavy atom. The van der Waals surface area contributed by atoms with Crippen LogP contribution in [0.15, 0.2) is 60.9 Å². The maximum Gasteiger partial charge on any atom is 0.119 e. The highest BCUT2D eigenvalue weighted by Crippen LogP contribution is 2.23. The Hall–Kier alpha value is -2.61. The first-order valence-electron chi connectivity index (χ1n) is 9.10. The molecule has 0 bridgehead atoms. The lowest BCUT2D eigenvalue weighted by atomic mass is 10.1. The molecular weight excluding hydrogens is 306 g/mol. The van der Waals surface area contributed by atoms with Crippen LogP contribution in [0.1, 0.15) is 43.7 Å². The van der Waals surface area contributed by atoms with Gasteiger partial charge in [0.15, 0.2) is 0 Å². The summed E-state index contributed by atoms with van der Waals surface area (Å²) >= 11 is 0. The number of fused-ring (bicyclic) bond motifs is 1. The van der Waals surface area contributed by atoms with Crippen molar-refractivity contribution in [1.29, 1.82) is 0 Å². The van der Waals surface area contributed by atoms with Gasteiger partial charge in [-0.3, -0.25) is 4.98 Å². The summed E-state index contributed by atoms with van der Waals surface area (Å²) in [6, 6.07) is 16.8. The van der Waals surface area contributed by atoms with Crippen LogP contribution < -0.4 is 4.74 Å². The van der Waals surface area contributed by atoms with E-state index in [2.05, 4.69) is 60.5 Å². The molecule has 0 spiro atoms. The minimum Gasteiger partial charge on any atom is -0.494 e. The second-order valence-electron chi connectivity index (χ2n) is 6.29. The number of ether oxygens (including phenoxy) is 1. The third-order valence-electron chi connectivity index (χ3n) is 4.28. The van der Waals surface area contributed by atoms with E-state index in [1.165, 1.54) is 35.6 Å². The van der Waals surface area contributed by atoms with Crippen molar-refractivity contribution in [3.8, 4) is 5.75 Å². The first kappa shape index (κ1) is 17.2. The van der Waals surface area contributed by atoms with Gasteiger partial charge in [0.1, 0.15) is 5.75 Å². The molecule has 0 aliphatic carbocycles. The average Bonchev–Trinajstić information content (AvgIpc) is 2.67. The van der Waals surface area contributed by atoms with Crippen molar-refractivity contribution in [2.45, 2.75) is 32.6 Å². The first-order valence-corrected chi connectivity index (χ1v) is 9.10. The Morgan fingerprint density at radius 2 is 1.56 bits per heavy atom. The smallest absolute Gasteiger partial charge is 0.119 e. The topological polar surface area (TPSA) is 22.1 Å². The van der Waals surface area contributed by atoms with Gasteiger partial charge in [-0.2, -0.15) is 0 Å². The Morgan fingerprint density at radius 1 is 0.800 bits per heavy atom. The minimum absolute atomic E-state index is 0.804. The summed E-state index contributed by atoms with van der Waals surface area (Å²) < 4.78 is 5.88. The molecule has 3 rings (SSSR count). The third-order valence-corrected chi connectivity index (χ3v) is 4.28. The second kappa shape index (κ2) is 9.03. The van der Waals surface area contributed by atoms with Gasteiger partial charge in [0, 0.05) is 12.4 Å². The average molecular weight is 331 g/mol. The molecule has 1 heterocycles. The molecule has 0 fully saturated rings. The fraction of sp³-hybridized carbons (Fsp3) is 0.261. The van der Waals surface area contributed by atoms with Gasteiger partial charge >= 0.3 is 0 Å². The summed E-state index contributed by atoms with van der Waals surface area (Å²) in [5.74, 6) is 0.962. The summed E-state index contributed by atoms with van der Waals surface area (Å²) in [6.07, 6.45) is 12.8. The summed E-state index contributed by atoms with van der Waals surface area (Å²) in [5.41, 5.74) is 2.35. The van der Waals surface area contributed by atoms with E-state index in [0.717, 1.165) is 24.3 Å². The van der Waals surface area contributed by atoms with Crippen molar-refractivity contribution in [1.82, 2.24) is 4.98 Å². The van der Waals surface area contributed by atoms with Crippen LogP contribution in [0.2, 0.25) is 0 Å². The number of unbranched alkanes of at least 4 members (excludes halogenated alkanes) is 3. The van der Waals surface area contributed by atoms with Gasteiger partial charge in [0.25, 0.3) is 0 Å². The lowest BCUT2D eigenvalue weighted by Gasteiger charge is -2.07. The van der Waals surface area contributed by atoms with E-state index in [-0.39, 0.29) is 0 Å². The SMILES string of the molecule is CCCCCCOc1ccc2cc(/C=C/c3ccncc3)ccc2c1. The lowest BCUT2D eigenvalue weighted by molar-refractivity contribution is 0.305. The van der Waals surface area contributed by atoms with Crippen molar-refractivity contribution in [2.75, 3.05) is 6.61 Å². The molecule has 2 nitrogen and oxygen atoms in total. The number of hydrogen-bond acceptors (Lipinski definition) is 2. The zero-order valence-corrected chi connectivity index (χ0v) is 14.8. The molecule has 0 atom stereocenters. The Balaban J connectivity index is 1.65. The molecule has 1 aromatic heterocycles. The van der Waals surface area contributed by atoms with Crippen LogP contribution in [0, 0.1) is 0 Å². The zero-order valence-electron chi connectivity index (χ0n) is 14.8. The minimum atomic E-state index is 0.804. The predicted molar refractivity (Wildman–Crippen MR) is 107 cm³/mol. The molecule has 2 heteroatoms. The molecule has 0 unspecified atom stereocenters. The molecule has 2 aromatic carbocycles. The van der Waals surface area contributed by atoms with Gasteiger partial charge in [0.2, 0.25) is 0 Å². The van der Waals surface area contributed by atoms with E-state index < -0.39 is 0 Å². The Kier molecular flexibility index (Phi) is 6.22. The van der Waals surface area contributed by atoms with Crippen LogP contribution in [0.3, 0.4) is 0 Å². The standard InChI is InChI=1S/C23H25NO/c1-2-3-4-5-16-25-23-11-10-21-17-20(8-9-22(21)18-23)7-6-19-12-14-24-15-13-19/h6-15,17-18H,2-5,16H2,1H3/b7-6+. The van der Waals surface area contributed by atoms with Crippen molar-refractivity contribution >= 4 is 22.9 Å². The molecule has 0 saturated heterocycles. The van der Waals surface area contributed by atoms with Crippen molar-refractivity contribution in [3.63, 3.8) is 0 Å². The van der Waals surface area contributed by atoms with Crippen molar-refractivity contribution < 1.29 is 4.74 Å². The molecule has 0 amide bonds. The van der Waals surface area contributed by atoms with Crippen LogP contribution >= 0.6 is 0 Å². The van der Waals surface area contributed by atoms with E-state index in [4.69, 9.17) is 4.74 Å². The molecule has 0 N–H and O–H groups in total. The van der Waals surface area contributed by atoms with E-state index in [0.29, 0.717) is 0 Å². The summed E-state index contributed by atoms with van der Waals surface area (Å²) in [7, 11) is 0. The number of rotatable bonds is 8. The van der Waals surface area contributed by atoms with Gasteiger partial charge in [-0.25, -0.2) is 0 Å². The largest absolute Gasteiger partial charge is 0.494 e. The van der Waals surface area contributed by atoms with Crippen LogP contribution in [0.5, 0.6) is 5.75 Å². The highest BCUT2D eigenvalue weighted by Gasteiger charge is 1.99. The van der Waals surface area contributed by atoms with Gasteiger partial charge in [-0.1, -0.05) is 56.5 Å². The number of hydrogen-bond donors (Lipinski definition) is 0. The van der Waals surface area contributed by atoms with Gasteiger partial charge < -0.3 is 4.74 Å². The van der Waals surface area contributed by atoms with Gasteiger partial charge in [-0.15, -0.1) is 0 Å². The Bertz CT molecular complexity index is 824. The number of nitrogens with zero attached hydrogens (tertiary/aromatic N) is 1. The van der Waals surface area contributed by atoms with Gasteiger partial charge in [0.05, 0.1) is 6.61 Å². The molecule has 0 saturated carbocycles. The number of aromatic nitrogens is 1. The highest BCUT2D eigenvalue weighted by molar-refractivity contribution is 5.87. The fourth-order valence-electron chi connectivity index (χ4n) is 2.82. The van der Waals surface area contributed by atoms with E-state index in [1.54, 1.807) is 0 Å². The predicted octanol–water partition coefficient (Wildman–Crippen LogP) is 6.36. The third kappa shape index (κ3) is 5.18. The molecular formula is C23H25NO. The molecule has 128 valence electrons. The highest BCUT2D eigenvalue weighted by atomic mass is 16.5. The number of benzene rings is 2. The van der Waals surface area contributed by atoms with Crippen LogP contribution in [-0.4, -0.2) is 11.6 Å². The van der Waals surface area contributed by atoms with E-state index in [1.807, 2.05) is 24.5 Å². The number of pyridine rings is 1. The monoisotopic (exact) mass is 331 g/mol. The zero-order chi connectivity index (χ0) is 17.3. The van der Waals surface area contributed by atoms with Crippen LogP contribution in [0.4, 0.5) is 0 Å². The first-order chi connectivity index (χ1) is 12.3. The maximum atomic E-state index is 5.88. The molecule has 3 aromatic rings. The molecule has 0 radical (unpaired) electrons. The second-order valence-corrected chi connectivity index (χ2v) is 6.29. The van der Waals surface area contributed by atoms with Crippen molar-refractivity contribution in [2.24, 2.45) is 0 Å². The fourth-order valence-corrected chi connectivity index (χ4v) is 2.82. The van der Waals surface area contributed by atoms with E-state index >= 15 is 0 Å². The Labute approximate surface area is 150 Å². The summed E-state index contributed by atoms with van der Waals surface area (Å²) in [5, 5.41) is 2.45. The van der Waals surface area contributed by atoms with E-state index in [9.17, 15) is 0 Å².